The number of thiophene rings is 4. The van der Waals surface area contributed by atoms with Crippen molar-refractivity contribution in [3.63, 3.8) is 0 Å². The van der Waals surface area contributed by atoms with Crippen LogP contribution in [0, 0.1) is 43.6 Å². The van der Waals surface area contributed by atoms with Gasteiger partial charge in [-0.2, -0.15) is 0 Å². The monoisotopic (exact) mass is 2090 g/mol. The van der Waals surface area contributed by atoms with Gasteiger partial charge in [0.15, 0.2) is 0 Å². The standard InChI is InChI=1S/C50H44S2.C15H16B2O4.C12H16.2C11H13Br.C8H4Br2S2.4CH3.2Fe/c1-30-10-18-37-39-20-16-35(28-43(39)49(2,3)41(37)26-30)45-22-24-47(51-45)48-25-23-46(52-48)36-17-21-40-38-19-15-34(27-42(38)50(4,5)44(40)29-36)33-13-11-32(12-14-33)31-8-6-7-9-31;1-15(2)13-7-9(16(18)19)3-5-11(13)12-6-4-10(17(20)21)8-14(12)15;1-10-6-8-12(9-7-10)11-4-2-3-5-11;2*12-11-7-5-10(6-8-11)9-3-1-2-4-9;9-7-3-1-5(11-7)6-2-4-8(10)12-6;;;;;;/h10-29,31H,6-9H2,1-5H3;3-8,18-21H,1-2H3;6-9,11H,2-5H2,1H3;2*5-9H,1-4H2;1-4H;4*1H3;;/q;;;;;;4*-1;2*+2. The first kappa shape index (κ1) is 103. The Kier molecular flexibility index (Phi) is 36.6. The van der Waals surface area contributed by atoms with Gasteiger partial charge in [0.1, 0.15) is 0 Å². The van der Waals surface area contributed by atoms with Gasteiger partial charge < -0.3 is 49.8 Å². The first-order chi connectivity index (χ1) is 58.3. The summed E-state index contributed by atoms with van der Waals surface area (Å²) in [7, 11) is -2.99. The van der Waals surface area contributed by atoms with Crippen LogP contribution in [0.15, 0.2) is 271 Å². The van der Waals surface area contributed by atoms with Gasteiger partial charge in [-0.3, -0.25) is 0 Å². The van der Waals surface area contributed by atoms with Crippen LogP contribution in [0.3, 0.4) is 0 Å². The van der Waals surface area contributed by atoms with Crippen LogP contribution in [0.25, 0.3) is 84.9 Å². The normalized spacial score (nSPS) is 15.4. The Morgan fingerprint density at radius 3 is 0.827 bits per heavy atom. The fraction of sp³-hybridized carbons (Fsp3) is 0.279. The fourth-order valence-corrected chi connectivity index (χ4v) is 25.1. The van der Waals surface area contributed by atoms with Crippen LogP contribution in [0.5, 0.6) is 0 Å². The van der Waals surface area contributed by atoms with E-state index in [1.807, 2.05) is 48.7 Å². The molecule has 0 saturated heterocycles. The van der Waals surface area contributed by atoms with Gasteiger partial charge in [-0.25, -0.2) is 0 Å². The van der Waals surface area contributed by atoms with Gasteiger partial charge in [0.05, 0.1) is 7.57 Å². The molecule has 4 nitrogen and oxygen atoms in total. The number of hydrogen-bond acceptors (Lipinski definition) is 8. The van der Waals surface area contributed by atoms with Gasteiger partial charge in [-0.1, -0.05) is 300 Å². The van der Waals surface area contributed by atoms with E-state index in [9.17, 15) is 20.1 Å². The summed E-state index contributed by atoms with van der Waals surface area (Å²) >= 11 is 21.1. The van der Waals surface area contributed by atoms with Crippen molar-refractivity contribution in [3.05, 3.63) is 368 Å². The van der Waals surface area contributed by atoms with Gasteiger partial charge in [-0.05, 0) is 334 Å². The number of fused-ring (bicyclic) bond motifs is 9. The molecule has 0 unspecified atom stereocenters. The fourth-order valence-electron chi connectivity index (χ4n) is 19.6. The minimum atomic E-state index is -1.50. The van der Waals surface area contributed by atoms with E-state index in [0.29, 0.717) is 10.9 Å². The summed E-state index contributed by atoms with van der Waals surface area (Å²) in [4.78, 5) is 7.96. The molecule has 4 heterocycles. The van der Waals surface area contributed by atoms with E-state index >= 15 is 0 Å². The molecule has 4 N–H and O–H groups in total. The average Bonchev–Trinajstić information content (AvgIpc) is 1.58. The quantitative estimate of drug-likeness (QED) is 0.0768. The van der Waals surface area contributed by atoms with Crippen molar-refractivity contribution < 1.29 is 54.2 Å². The zero-order valence-electron chi connectivity index (χ0n) is 75.2. The van der Waals surface area contributed by atoms with Crippen LogP contribution in [0.4, 0.5) is 0 Å². The third-order valence-electron chi connectivity index (χ3n) is 26.6. The van der Waals surface area contributed by atoms with Crippen LogP contribution in [-0.4, -0.2) is 34.3 Å². The molecule has 0 amide bonds. The minimum Gasteiger partial charge on any atom is -0.423 e. The van der Waals surface area contributed by atoms with Gasteiger partial charge in [0.25, 0.3) is 0 Å². The summed E-state index contributed by atoms with van der Waals surface area (Å²) in [5.41, 5.74) is 30.0. The maximum Gasteiger partial charge on any atom is 2.00 e. The molecule has 21 rings (SSSR count). The molecule has 10 aromatic carbocycles. The molecule has 7 aliphatic carbocycles. The van der Waals surface area contributed by atoms with E-state index in [-0.39, 0.29) is 80.1 Å². The number of aryl methyl sites for hydroxylation is 2. The Morgan fingerprint density at radius 1 is 0.260 bits per heavy atom. The zero-order chi connectivity index (χ0) is 84.4. The van der Waals surface area contributed by atoms with E-state index in [1.54, 1.807) is 52.5 Å². The molecule has 0 bridgehead atoms. The Morgan fingerprint density at radius 2 is 0.504 bits per heavy atom. The van der Waals surface area contributed by atoms with E-state index in [4.69, 9.17) is 0 Å². The SMILES string of the molecule is Brc1ccc(-c2ccc(Br)s2)s1.Brc1ccc(C2CCCC2)cc1.Brc1ccc(C2CCCC2)cc1.CC1(C)c2cc(B(O)O)ccc2-c2ccc(B(O)O)cc21.Cc1ccc(C2CCCC2)cc1.Cc1ccc2c(c1)C(C)(C)c1cc(-c3ccc(-c4ccc(-c5ccc6c(c5)C(C)(C)c5cc(-c7ccc(C8CCCC8)cc7)ccc5-6)s4)s3)ccc1-2.[CH3-].[CH3-].[CH3-].[CH3-].[Fe+2].[Fe+2]. The first-order valence-corrected chi connectivity index (χ1v) is 49.7. The molecule has 0 spiro atoms. The van der Waals surface area contributed by atoms with Crippen molar-refractivity contribution in [1.29, 1.82) is 0 Å². The molecule has 0 radical (unpaired) electrons. The van der Waals surface area contributed by atoms with Crippen LogP contribution in [-0.2, 0) is 50.4 Å². The molecule has 14 aromatic rings. The second kappa shape index (κ2) is 45.1. The molecule has 660 valence electrons. The average molecular weight is 2100 g/mol. The zero-order valence-corrected chi connectivity index (χ0v) is 87.0. The van der Waals surface area contributed by atoms with Crippen LogP contribution in [0.1, 0.15) is 235 Å². The molecular weight excluding hydrogens is 1980 g/mol. The van der Waals surface area contributed by atoms with Crippen molar-refractivity contribution in [2.45, 2.75) is 198 Å². The van der Waals surface area contributed by atoms with Crippen molar-refractivity contribution in [3.8, 4) is 84.9 Å². The Balaban J connectivity index is 0.000000183. The molecule has 0 atom stereocenters. The number of halogens is 4. The number of rotatable bonds is 11. The van der Waals surface area contributed by atoms with E-state index in [2.05, 4.69) is 324 Å². The maximum absolute atomic E-state index is 9.35. The van der Waals surface area contributed by atoms with Crippen molar-refractivity contribution in [2.75, 3.05) is 0 Å². The molecule has 7 aliphatic rings. The van der Waals surface area contributed by atoms with Crippen molar-refractivity contribution >= 4 is 134 Å². The van der Waals surface area contributed by atoms with Crippen LogP contribution in [0.2, 0.25) is 0 Å². The summed E-state index contributed by atoms with van der Waals surface area (Å²) in [5, 5.41) is 37.4. The summed E-state index contributed by atoms with van der Waals surface area (Å²) in [5.74, 6) is 3.31. The molecule has 4 saturated carbocycles. The third kappa shape index (κ3) is 23.2. The Bertz CT molecular complexity index is 5730. The van der Waals surface area contributed by atoms with Crippen molar-refractivity contribution in [2.24, 2.45) is 0 Å². The third-order valence-corrected chi connectivity index (χ3v) is 33.6. The Hall–Kier alpha value is -6.07. The smallest absolute Gasteiger partial charge is 0.423 e. The number of hydrogen-bond donors (Lipinski definition) is 4. The van der Waals surface area contributed by atoms with E-state index < -0.39 is 14.2 Å². The van der Waals surface area contributed by atoms with Crippen LogP contribution < -0.4 is 10.9 Å². The first-order valence-electron chi connectivity index (χ1n) is 43.3. The molecular formula is C111H118B2Br4Fe2O4S4. The predicted molar refractivity (Wildman–Crippen MR) is 560 cm³/mol. The molecule has 4 aromatic heterocycles. The Labute approximate surface area is 830 Å². The topological polar surface area (TPSA) is 80.9 Å². The van der Waals surface area contributed by atoms with Gasteiger partial charge in [0, 0.05) is 54.5 Å². The van der Waals surface area contributed by atoms with E-state index in [0.717, 1.165) is 45.9 Å². The largest absolute Gasteiger partial charge is 2.00 e. The second-order valence-electron chi connectivity index (χ2n) is 35.7. The van der Waals surface area contributed by atoms with Gasteiger partial charge in [-0.15, -0.1) is 45.3 Å². The summed E-state index contributed by atoms with van der Waals surface area (Å²) in [6.45, 7) is 18.0. The van der Waals surface area contributed by atoms with Gasteiger partial charge >= 0.3 is 48.4 Å². The molecule has 4 fully saturated rings. The predicted octanol–water partition coefficient (Wildman–Crippen LogP) is 33.1. The van der Waals surface area contributed by atoms with Gasteiger partial charge in [0.2, 0.25) is 0 Å². The minimum absolute atomic E-state index is 0. The molecule has 127 heavy (non-hydrogen) atoms. The molecule has 0 aliphatic heterocycles. The summed E-state index contributed by atoms with van der Waals surface area (Å²) < 4.78 is 4.73. The van der Waals surface area contributed by atoms with E-state index in [1.165, 1.54) is 243 Å². The van der Waals surface area contributed by atoms with Crippen LogP contribution >= 0.6 is 109 Å². The number of benzene rings is 10. The maximum atomic E-state index is 9.35. The molecule has 16 heteroatoms. The summed E-state index contributed by atoms with van der Waals surface area (Å²) in [6, 6.07) is 92.9. The van der Waals surface area contributed by atoms with Crippen molar-refractivity contribution in [1.82, 2.24) is 0 Å². The summed E-state index contributed by atoms with van der Waals surface area (Å²) in [6.07, 6.45) is 22.3. The second-order valence-corrected chi connectivity index (χ2v) is 44.6.